The fourth-order valence-electron chi connectivity index (χ4n) is 4.22. The van der Waals surface area contributed by atoms with Crippen LogP contribution >= 0.6 is 0 Å². The molecule has 0 saturated heterocycles. The number of phenolic OH excluding ortho intramolecular Hbond substituents is 1. The molecule has 184 valence electrons. The molecule has 1 atom stereocenters. The molecule has 0 aliphatic carbocycles. The quantitative estimate of drug-likeness (QED) is 0.213. The summed E-state index contributed by atoms with van der Waals surface area (Å²) in [5.74, 6) is 0.873. The van der Waals surface area contributed by atoms with E-state index < -0.39 is 0 Å². The monoisotopic (exact) mass is 448 g/mol. The van der Waals surface area contributed by atoms with Crippen LogP contribution in [0.4, 0.5) is 0 Å². The SMILES string of the molecule is CCCCOCCC(C)CCCC(C)(C)c1cc(C(C)(C)CCCC(=O)OC)ccc1O. The van der Waals surface area contributed by atoms with Crippen LogP contribution in [0.5, 0.6) is 5.75 Å². The van der Waals surface area contributed by atoms with Crippen molar-refractivity contribution in [1.82, 2.24) is 0 Å². The van der Waals surface area contributed by atoms with Crippen molar-refractivity contribution < 1.29 is 19.4 Å². The lowest BCUT2D eigenvalue weighted by atomic mass is 9.74. The summed E-state index contributed by atoms with van der Waals surface area (Å²) in [6.45, 7) is 15.1. The molecular formula is C28H48O4. The van der Waals surface area contributed by atoms with Crippen LogP contribution in [0, 0.1) is 5.92 Å². The van der Waals surface area contributed by atoms with Gasteiger partial charge in [0, 0.05) is 19.6 Å². The molecular weight excluding hydrogens is 400 g/mol. The van der Waals surface area contributed by atoms with Crippen LogP contribution < -0.4 is 0 Å². The minimum atomic E-state index is -0.157. The van der Waals surface area contributed by atoms with Gasteiger partial charge in [-0.3, -0.25) is 4.79 Å². The first-order valence-corrected chi connectivity index (χ1v) is 12.5. The Bertz CT molecular complexity index is 678. The lowest BCUT2D eigenvalue weighted by Gasteiger charge is -2.31. The summed E-state index contributed by atoms with van der Waals surface area (Å²) in [7, 11) is 1.43. The Hall–Kier alpha value is -1.55. The number of esters is 1. The van der Waals surface area contributed by atoms with Crippen molar-refractivity contribution in [2.45, 2.75) is 110 Å². The van der Waals surface area contributed by atoms with Gasteiger partial charge in [0.05, 0.1) is 7.11 Å². The molecule has 1 rings (SSSR count). The predicted molar refractivity (Wildman–Crippen MR) is 133 cm³/mol. The highest BCUT2D eigenvalue weighted by molar-refractivity contribution is 5.69. The maximum Gasteiger partial charge on any atom is 0.305 e. The van der Waals surface area contributed by atoms with E-state index in [4.69, 9.17) is 9.47 Å². The number of ether oxygens (including phenoxy) is 2. The van der Waals surface area contributed by atoms with E-state index >= 15 is 0 Å². The molecule has 4 heteroatoms. The van der Waals surface area contributed by atoms with E-state index in [-0.39, 0.29) is 16.8 Å². The highest BCUT2D eigenvalue weighted by Crippen LogP contribution is 2.39. The van der Waals surface area contributed by atoms with Gasteiger partial charge in [0.25, 0.3) is 0 Å². The summed E-state index contributed by atoms with van der Waals surface area (Å²) in [5, 5.41) is 10.6. The molecule has 0 amide bonds. The topological polar surface area (TPSA) is 55.8 Å². The van der Waals surface area contributed by atoms with Crippen LogP contribution in [0.2, 0.25) is 0 Å². The minimum absolute atomic E-state index is 0.0706. The number of carbonyl (C=O) groups excluding carboxylic acids is 1. The molecule has 1 N–H and O–H groups in total. The molecule has 0 heterocycles. The van der Waals surface area contributed by atoms with Gasteiger partial charge in [0.15, 0.2) is 0 Å². The molecule has 0 aliphatic rings. The van der Waals surface area contributed by atoms with Crippen molar-refractivity contribution in [1.29, 1.82) is 0 Å². The number of benzene rings is 1. The smallest absolute Gasteiger partial charge is 0.305 e. The number of phenols is 1. The number of aromatic hydroxyl groups is 1. The highest BCUT2D eigenvalue weighted by atomic mass is 16.5. The van der Waals surface area contributed by atoms with Gasteiger partial charge in [-0.25, -0.2) is 0 Å². The Morgan fingerprint density at radius 2 is 1.69 bits per heavy atom. The Balaban J connectivity index is 2.66. The molecule has 1 aromatic carbocycles. The van der Waals surface area contributed by atoms with Crippen molar-refractivity contribution >= 4 is 5.97 Å². The van der Waals surface area contributed by atoms with Gasteiger partial charge in [-0.05, 0) is 66.0 Å². The van der Waals surface area contributed by atoms with E-state index in [1.807, 2.05) is 12.1 Å². The molecule has 0 spiro atoms. The average Bonchev–Trinajstić information content (AvgIpc) is 2.73. The number of methoxy groups -OCH3 is 1. The standard InChI is InChI=1S/C28H48O4/c1-8-9-19-32-20-16-22(2)12-10-18-28(5,6)24-21-23(14-15-25(24)29)27(3,4)17-11-13-26(30)31-7/h14-15,21-22,29H,8-13,16-20H2,1-7H3. The molecule has 0 radical (unpaired) electrons. The second-order valence-corrected chi connectivity index (χ2v) is 10.7. The molecule has 0 aliphatic heterocycles. The Morgan fingerprint density at radius 3 is 2.34 bits per heavy atom. The second kappa shape index (κ2) is 13.9. The maximum absolute atomic E-state index is 11.5. The molecule has 0 fully saturated rings. The first kappa shape index (κ1) is 28.5. The van der Waals surface area contributed by atoms with Crippen LogP contribution in [0.3, 0.4) is 0 Å². The lowest BCUT2D eigenvalue weighted by Crippen LogP contribution is -2.22. The Morgan fingerprint density at radius 1 is 1.00 bits per heavy atom. The summed E-state index contributed by atoms with van der Waals surface area (Å²) < 4.78 is 10.5. The Kier molecular flexibility index (Phi) is 12.3. The molecule has 32 heavy (non-hydrogen) atoms. The maximum atomic E-state index is 11.5. The van der Waals surface area contributed by atoms with Gasteiger partial charge in [-0.15, -0.1) is 0 Å². The van der Waals surface area contributed by atoms with E-state index in [1.54, 1.807) is 0 Å². The molecule has 1 unspecified atom stereocenters. The summed E-state index contributed by atoms with van der Waals surface area (Å²) in [5.41, 5.74) is 2.06. The number of hydrogen-bond donors (Lipinski definition) is 1. The lowest BCUT2D eigenvalue weighted by molar-refractivity contribution is -0.140. The first-order valence-electron chi connectivity index (χ1n) is 12.5. The number of rotatable bonds is 16. The van der Waals surface area contributed by atoms with Gasteiger partial charge in [0.1, 0.15) is 5.75 Å². The van der Waals surface area contributed by atoms with E-state index in [2.05, 4.69) is 47.6 Å². The third-order valence-electron chi connectivity index (χ3n) is 6.81. The largest absolute Gasteiger partial charge is 0.508 e. The van der Waals surface area contributed by atoms with Crippen molar-refractivity contribution in [2.24, 2.45) is 5.92 Å². The van der Waals surface area contributed by atoms with E-state index in [1.165, 1.54) is 25.5 Å². The summed E-state index contributed by atoms with van der Waals surface area (Å²) in [6, 6.07) is 6.04. The highest BCUT2D eigenvalue weighted by Gasteiger charge is 2.28. The number of hydrogen-bond acceptors (Lipinski definition) is 4. The predicted octanol–water partition coefficient (Wildman–Crippen LogP) is 7.30. The van der Waals surface area contributed by atoms with Crippen molar-refractivity contribution in [2.75, 3.05) is 20.3 Å². The zero-order valence-corrected chi connectivity index (χ0v) is 21.8. The van der Waals surface area contributed by atoms with Gasteiger partial charge >= 0.3 is 5.97 Å². The van der Waals surface area contributed by atoms with E-state index in [9.17, 15) is 9.90 Å². The first-order chi connectivity index (χ1) is 15.0. The van der Waals surface area contributed by atoms with Crippen LogP contribution in [0.25, 0.3) is 0 Å². The molecule has 1 aromatic rings. The van der Waals surface area contributed by atoms with Crippen LogP contribution in [0.1, 0.15) is 110 Å². The third-order valence-corrected chi connectivity index (χ3v) is 6.81. The number of carbonyl (C=O) groups is 1. The molecule has 0 aromatic heterocycles. The van der Waals surface area contributed by atoms with Crippen molar-refractivity contribution in [3.63, 3.8) is 0 Å². The van der Waals surface area contributed by atoms with Gasteiger partial charge in [-0.1, -0.05) is 72.9 Å². The summed E-state index contributed by atoms with van der Waals surface area (Å²) in [4.78, 5) is 11.5. The summed E-state index contributed by atoms with van der Waals surface area (Å²) >= 11 is 0. The van der Waals surface area contributed by atoms with Crippen LogP contribution in [-0.4, -0.2) is 31.4 Å². The molecule has 0 bridgehead atoms. The van der Waals surface area contributed by atoms with E-state index in [0.717, 1.165) is 57.3 Å². The third kappa shape index (κ3) is 9.94. The van der Waals surface area contributed by atoms with E-state index in [0.29, 0.717) is 18.1 Å². The Labute approximate surface area is 197 Å². The van der Waals surface area contributed by atoms with Gasteiger partial charge in [-0.2, -0.15) is 0 Å². The van der Waals surface area contributed by atoms with Crippen LogP contribution in [-0.2, 0) is 25.1 Å². The molecule has 0 saturated carbocycles. The number of unbranched alkanes of at least 4 members (excludes halogenated alkanes) is 1. The normalized spacial score (nSPS) is 13.2. The van der Waals surface area contributed by atoms with Gasteiger partial charge in [0.2, 0.25) is 0 Å². The van der Waals surface area contributed by atoms with Crippen molar-refractivity contribution in [3.05, 3.63) is 29.3 Å². The molecule has 4 nitrogen and oxygen atoms in total. The van der Waals surface area contributed by atoms with Crippen LogP contribution in [0.15, 0.2) is 18.2 Å². The zero-order chi connectivity index (χ0) is 24.2. The fourth-order valence-corrected chi connectivity index (χ4v) is 4.22. The second-order valence-electron chi connectivity index (χ2n) is 10.7. The summed E-state index contributed by atoms with van der Waals surface area (Å²) in [6.07, 6.45) is 8.92. The zero-order valence-electron chi connectivity index (χ0n) is 21.8. The van der Waals surface area contributed by atoms with Gasteiger partial charge < -0.3 is 14.6 Å². The fraction of sp³-hybridized carbons (Fsp3) is 0.750. The average molecular weight is 449 g/mol. The minimum Gasteiger partial charge on any atom is -0.508 e. The van der Waals surface area contributed by atoms with Crippen molar-refractivity contribution in [3.8, 4) is 5.75 Å².